The van der Waals surface area contributed by atoms with Crippen molar-refractivity contribution in [2.45, 2.75) is 65.2 Å². The second-order valence-corrected chi connectivity index (χ2v) is 5.65. The van der Waals surface area contributed by atoms with E-state index in [1.165, 1.54) is 0 Å². The molecule has 0 saturated carbocycles. The fourth-order valence-corrected chi connectivity index (χ4v) is 2.23. The van der Waals surface area contributed by atoms with Gasteiger partial charge in [-0.05, 0) is 12.8 Å². The molecule has 0 atom stereocenters. The molecule has 0 aromatic carbocycles. The summed E-state index contributed by atoms with van der Waals surface area (Å²) in [5, 5.41) is 0. The molecule has 0 fully saturated rings. The van der Waals surface area contributed by atoms with Gasteiger partial charge in [0.15, 0.2) is 0 Å². The SMILES string of the molecule is CCCCCCOP(=O)([O-])OCCCCCC.[Fe+3]. The van der Waals surface area contributed by atoms with Gasteiger partial charge in [0.25, 0.3) is 7.82 Å². The molecule has 0 aliphatic heterocycles. The van der Waals surface area contributed by atoms with E-state index in [1.807, 2.05) is 0 Å². The summed E-state index contributed by atoms with van der Waals surface area (Å²) in [6.07, 6.45) is 8.05. The molecule has 0 saturated heterocycles. The van der Waals surface area contributed by atoms with E-state index < -0.39 is 7.82 Å². The molecule has 0 aromatic heterocycles. The average molecular weight is 321 g/mol. The molecule has 0 rings (SSSR count). The van der Waals surface area contributed by atoms with Gasteiger partial charge >= 0.3 is 17.1 Å². The van der Waals surface area contributed by atoms with Gasteiger partial charge in [0.1, 0.15) is 0 Å². The van der Waals surface area contributed by atoms with E-state index in [-0.39, 0.29) is 30.3 Å². The van der Waals surface area contributed by atoms with Gasteiger partial charge in [0.2, 0.25) is 0 Å². The molecular formula is C12H26FeO4P+2. The summed E-state index contributed by atoms with van der Waals surface area (Å²) in [4.78, 5) is 11.3. The monoisotopic (exact) mass is 321 g/mol. The van der Waals surface area contributed by atoms with Crippen molar-refractivity contribution in [2.24, 2.45) is 0 Å². The first-order valence-corrected chi connectivity index (χ1v) is 8.18. The third kappa shape index (κ3) is 14.7. The van der Waals surface area contributed by atoms with Gasteiger partial charge in [-0.2, -0.15) is 0 Å². The zero-order valence-corrected chi connectivity index (χ0v) is 13.5. The van der Waals surface area contributed by atoms with E-state index >= 15 is 0 Å². The van der Waals surface area contributed by atoms with Crippen molar-refractivity contribution in [3.8, 4) is 0 Å². The number of unbranched alkanes of at least 4 members (excludes halogenated alkanes) is 6. The van der Waals surface area contributed by atoms with E-state index in [0.29, 0.717) is 0 Å². The molecule has 0 amide bonds. The summed E-state index contributed by atoms with van der Waals surface area (Å²) in [5.41, 5.74) is 0. The summed E-state index contributed by atoms with van der Waals surface area (Å²) in [6.45, 7) is 4.71. The predicted octanol–water partition coefficient (Wildman–Crippen LogP) is 3.65. The van der Waals surface area contributed by atoms with Crippen LogP contribution in [-0.4, -0.2) is 13.2 Å². The summed E-state index contributed by atoms with van der Waals surface area (Å²) in [6, 6.07) is 0. The number of phosphoric ester groups is 1. The van der Waals surface area contributed by atoms with E-state index in [4.69, 9.17) is 9.05 Å². The van der Waals surface area contributed by atoms with Gasteiger partial charge in [-0.1, -0.05) is 52.4 Å². The molecule has 0 aromatic rings. The summed E-state index contributed by atoms with van der Waals surface area (Å²) < 4.78 is 20.8. The second kappa shape index (κ2) is 14.0. The van der Waals surface area contributed by atoms with E-state index in [1.54, 1.807) is 0 Å². The smallest absolute Gasteiger partial charge is 0.756 e. The van der Waals surface area contributed by atoms with Crippen molar-refractivity contribution in [3.63, 3.8) is 0 Å². The minimum absolute atomic E-state index is 0. The zero-order valence-electron chi connectivity index (χ0n) is 11.5. The first-order valence-electron chi connectivity index (χ1n) is 6.72. The van der Waals surface area contributed by atoms with Gasteiger partial charge < -0.3 is 13.9 Å². The molecule has 0 aliphatic carbocycles. The van der Waals surface area contributed by atoms with Crippen LogP contribution >= 0.6 is 7.82 Å². The average Bonchev–Trinajstić information content (AvgIpc) is 2.28. The Balaban J connectivity index is 0. The van der Waals surface area contributed by atoms with E-state index in [2.05, 4.69) is 13.8 Å². The Kier molecular flexibility index (Phi) is 16.3. The summed E-state index contributed by atoms with van der Waals surface area (Å²) in [5.74, 6) is 0. The van der Waals surface area contributed by atoms with Crippen molar-refractivity contribution in [3.05, 3.63) is 0 Å². The molecule has 109 valence electrons. The Bertz CT molecular complexity index is 196. The fourth-order valence-electron chi connectivity index (χ4n) is 1.45. The van der Waals surface area contributed by atoms with Gasteiger partial charge in [0.05, 0.1) is 13.2 Å². The molecule has 0 spiro atoms. The Morgan fingerprint density at radius 1 is 0.833 bits per heavy atom. The molecule has 0 unspecified atom stereocenters. The van der Waals surface area contributed by atoms with Crippen LogP contribution in [0.25, 0.3) is 0 Å². The van der Waals surface area contributed by atoms with Crippen LogP contribution in [0.4, 0.5) is 0 Å². The minimum atomic E-state index is -4.04. The van der Waals surface area contributed by atoms with Gasteiger partial charge in [-0.15, -0.1) is 0 Å². The standard InChI is InChI=1S/C12H27O4P.Fe/c1-3-5-7-9-11-15-17(13,14)16-12-10-8-6-4-2;/h3-12H2,1-2H3,(H,13,14);/q;+3/p-1. The van der Waals surface area contributed by atoms with Crippen LogP contribution in [0.2, 0.25) is 0 Å². The van der Waals surface area contributed by atoms with Crippen molar-refractivity contribution in [2.75, 3.05) is 13.2 Å². The molecule has 6 heteroatoms. The Morgan fingerprint density at radius 3 is 1.56 bits per heavy atom. The topological polar surface area (TPSA) is 58.6 Å². The minimum Gasteiger partial charge on any atom is -0.756 e. The van der Waals surface area contributed by atoms with Crippen molar-refractivity contribution < 1.29 is 35.6 Å². The maximum Gasteiger partial charge on any atom is 3.00 e. The summed E-state index contributed by atoms with van der Waals surface area (Å²) >= 11 is 0. The quantitative estimate of drug-likeness (QED) is 0.313. The molecule has 1 radical (unpaired) electrons. The van der Waals surface area contributed by atoms with Gasteiger partial charge in [-0.3, -0.25) is 4.57 Å². The Morgan fingerprint density at radius 2 is 1.22 bits per heavy atom. The maximum absolute atomic E-state index is 11.3. The van der Waals surface area contributed by atoms with Crippen LogP contribution in [0.5, 0.6) is 0 Å². The third-order valence-electron chi connectivity index (χ3n) is 2.49. The molecule has 0 heterocycles. The van der Waals surface area contributed by atoms with Crippen molar-refractivity contribution in [1.29, 1.82) is 0 Å². The first kappa shape index (κ1) is 20.9. The Hall–Kier alpha value is 0.629. The van der Waals surface area contributed by atoms with E-state index in [9.17, 15) is 9.46 Å². The molecule has 18 heavy (non-hydrogen) atoms. The van der Waals surface area contributed by atoms with Crippen LogP contribution in [0.15, 0.2) is 0 Å². The molecule has 0 N–H and O–H groups in total. The molecule has 4 nitrogen and oxygen atoms in total. The summed E-state index contributed by atoms with van der Waals surface area (Å²) in [7, 11) is -4.04. The number of hydrogen-bond acceptors (Lipinski definition) is 4. The van der Waals surface area contributed by atoms with Crippen LogP contribution < -0.4 is 4.89 Å². The molecule has 0 aliphatic rings. The van der Waals surface area contributed by atoms with Crippen LogP contribution in [0, 0.1) is 0 Å². The largest absolute Gasteiger partial charge is 3.00 e. The zero-order chi connectivity index (χ0) is 13.0. The van der Waals surface area contributed by atoms with Crippen molar-refractivity contribution in [1.82, 2.24) is 0 Å². The fraction of sp³-hybridized carbons (Fsp3) is 1.00. The predicted molar refractivity (Wildman–Crippen MR) is 67.8 cm³/mol. The molecular weight excluding hydrogens is 295 g/mol. The number of phosphoric acid groups is 1. The van der Waals surface area contributed by atoms with Gasteiger partial charge in [0, 0.05) is 0 Å². The normalized spacial score (nSPS) is 11.3. The first-order chi connectivity index (χ1) is 8.12. The second-order valence-electron chi connectivity index (χ2n) is 4.23. The molecule has 0 bridgehead atoms. The maximum atomic E-state index is 11.3. The number of rotatable bonds is 12. The third-order valence-corrected chi connectivity index (χ3v) is 3.49. The van der Waals surface area contributed by atoms with Crippen LogP contribution in [0.1, 0.15) is 65.2 Å². The Labute approximate surface area is 122 Å². The van der Waals surface area contributed by atoms with Crippen LogP contribution in [-0.2, 0) is 30.7 Å². The van der Waals surface area contributed by atoms with Gasteiger partial charge in [-0.25, -0.2) is 0 Å². The van der Waals surface area contributed by atoms with E-state index in [0.717, 1.165) is 51.4 Å². The number of hydrogen-bond donors (Lipinski definition) is 0. The van der Waals surface area contributed by atoms with Crippen molar-refractivity contribution >= 4 is 7.82 Å². The van der Waals surface area contributed by atoms with Crippen LogP contribution in [0.3, 0.4) is 0 Å².